The van der Waals surface area contributed by atoms with Crippen LogP contribution >= 0.6 is 0 Å². The molecule has 7 aromatic carbocycles. The highest BCUT2D eigenvalue weighted by Crippen LogP contribution is 2.61. The zero-order chi connectivity index (χ0) is 33.5. The Morgan fingerprint density at radius 1 is 0.510 bits per heavy atom. The van der Waals surface area contributed by atoms with Gasteiger partial charge in [-0.15, -0.1) is 0 Å². The van der Waals surface area contributed by atoms with E-state index in [1.165, 1.54) is 79.4 Å². The molecule has 1 fully saturated rings. The Bertz CT molecular complexity index is 2770. The minimum atomic E-state index is -0.0757. The largest absolute Gasteiger partial charge is 0.278 e. The van der Waals surface area contributed by atoms with Gasteiger partial charge in [-0.2, -0.15) is 0 Å². The molecule has 0 unspecified atom stereocenters. The summed E-state index contributed by atoms with van der Waals surface area (Å²) in [7, 11) is 0. The summed E-state index contributed by atoms with van der Waals surface area (Å²) in [4.78, 5) is 11.0. The van der Waals surface area contributed by atoms with Crippen molar-refractivity contribution in [2.75, 3.05) is 0 Å². The van der Waals surface area contributed by atoms with Crippen LogP contribution in [0.1, 0.15) is 43.2 Å². The summed E-state index contributed by atoms with van der Waals surface area (Å²) in [6.07, 6.45) is 6.03. The summed E-state index contributed by atoms with van der Waals surface area (Å²) in [5.41, 5.74) is 12.1. The maximum Gasteiger partial charge on any atom is 0.235 e. The van der Waals surface area contributed by atoms with Crippen molar-refractivity contribution in [3.05, 3.63) is 163 Å². The third-order valence-corrected chi connectivity index (χ3v) is 11.8. The Morgan fingerprint density at radius 2 is 1.12 bits per heavy atom. The molecule has 242 valence electrons. The molecule has 0 atom stereocenters. The highest BCUT2D eigenvalue weighted by Gasteiger charge is 2.47. The molecule has 2 aliphatic carbocycles. The van der Waals surface area contributed by atoms with E-state index < -0.39 is 0 Å². The normalized spacial score (nSPS) is 14.8. The summed E-state index contributed by atoms with van der Waals surface area (Å²) in [6.45, 7) is 0. The summed E-state index contributed by atoms with van der Waals surface area (Å²) >= 11 is 0. The Balaban J connectivity index is 1.39. The number of rotatable bonds is 3. The molecule has 0 bridgehead atoms. The summed E-state index contributed by atoms with van der Waals surface area (Å²) in [5, 5.41) is 7.72. The van der Waals surface area contributed by atoms with Crippen molar-refractivity contribution in [1.29, 1.82) is 0 Å². The first-order valence-corrected chi connectivity index (χ1v) is 18.3. The van der Waals surface area contributed by atoms with Crippen LogP contribution in [0.4, 0.5) is 0 Å². The second kappa shape index (κ2) is 11.0. The minimum absolute atomic E-state index is 0.0757. The molecular formula is C48H35N3. The van der Waals surface area contributed by atoms with Crippen molar-refractivity contribution in [3.63, 3.8) is 0 Å². The van der Waals surface area contributed by atoms with Crippen molar-refractivity contribution in [3.8, 4) is 39.6 Å². The van der Waals surface area contributed by atoms with Gasteiger partial charge >= 0.3 is 0 Å². The van der Waals surface area contributed by atoms with Crippen molar-refractivity contribution < 1.29 is 0 Å². The maximum atomic E-state index is 5.49. The second-order valence-corrected chi connectivity index (χ2v) is 14.4. The minimum Gasteiger partial charge on any atom is -0.278 e. The van der Waals surface area contributed by atoms with Crippen LogP contribution in [0.25, 0.3) is 82.9 Å². The molecule has 0 radical (unpaired) electrons. The lowest BCUT2D eigenvalue weighted by molar-refractivity contribution is 0.354. The quantitative estimate of drug-likeness (QED) is 0.190. The van der Waals surface area contributed by atoms with E-state index in [1.54, 1.807) is 0 Å². The van der Waals surface area contributed by atoms with Gasteiger partial charge in [-0.3, -0.25) is 4.57 Å². The summed E-state index contributed by atoms with van der Waals surface area (Å²) in [6, 6.07) is 55.1. The lowest BCUT2D eigenvalue weighted by Crippen LogP contribution is -2.28. The Morgan fingerprint density at radius 3 is 1.84 bits per heavy atom. The molecule has 0 aliphatic heterocycles. The average Bonchev–Trinajstić information content (AvgIpc) is 3.70. The summed E-state index contributed by atoms with van der Waals surface area (Å²) < 4.78 is 2.45. The van der Waals surface area contributed by atoms with Crippen molar-refractivity contribution in [2.45, 2.75) is 37.5 Å². The van der Waals surface area contributed by atoms with Crippen molar-refractivity contribution in [1.82, 2.24) is 14.5 Å². The van der Waals surface area contributed by atoms with Crippen LogP contribution < -0.4 is 0 Å². The predicted octanol–water partition coefficient (Wildman–Crippen LogP) is 12.4. The highest BCUT2D eigenvalue weighted by atomic mass is 15.2. The summed E-state index contributed by atoms with van der Waals surface area (Å²) in [5.74, 6) is 0.713. The fourth-order valence-electron chi connectivity index (χ4n) is 9.66. The number of nitrogens with zero attached hydrogens (tertiary/aromatic N) is 3. The third-order valence-electron chi connectivity index (χ3n) is 11.8. The molecule has 1 saturated carbocycles. The Hall–Kier alpha value is -6.06. The molecule has 3 nitrogen and oxygen atoms in total. The van der Waals surface area contributed by atoms with Gasteiger partial charge in [-0.1, -0.05) is 159 Å². The Labute approximate surface area is 296 Å². The van der Waals surface area contributed by atoms with Gasteiger partial charge in [0.2, 0.25) is 5.95 Å². The van der Waals surface area contributed by atoms with Gasteiger partial charge in [0.25, 0.3) is 0 Å². The average molecular weight is 654 g/mol. The van der Waals surface area contributed by atoms with Crippen molar-refractivity contribution >= 4 is 43.4 Å². The monoisotopic (exact) mass is 653 g/mol. The van der Waals surface area contributed by atoms with Gasteiger partial charge < -0.3 is 0 Å². The SMILES string of the molecule is c1ccc(-c2cc(-c3ccccc3)nc(-n3c4ccc5ccccc5c4c4c5ccccc5c5c(c43)C3(CCCCC3)c3ccccc3-5)n2)cc1. The molecule has 1 spiro atoms. The zero-order valence-corrected chi connectivity index (χ0v) is 28.3. The highest BCUT2D eigenvalue weighted by molar-refractivity contribution is 6.32. The molecule has 2 heterocycles. The third kappa shape index (κ3) is 4.06. The molecule has 2 aliphatic rings. The molecule has 11 rings (SSSR count). The van der Waals surface area contributed by atoms with E-state index >= 15 is 0 Å². The van der Waals surface area contributed by atoms with Gasteiger partial charge in [0, 0.05) is 27.3 Å². The number of benzene rings is 7. The lowest BCUT2D eigenvalue weighted by atomic mass is 9.67. The van der Waals surface area contributed by atoms with Crippen LogP contribution in [-0.2, 0) is 5.41 Å². The van der Waals surface area contributed by atoms with Crippen LogP contribution in [0.3, 0.4) is 0 Å². The van der Waals surface area contributed by atoms with E-state index in [1.807, 2.05) is 0 Å². The first kappa shape index (κ1) is 28.7. The fraction of sp³-hybridized carbons (Fsp3) is 0.125. The first-order chi connectivity index (χ1) is 25.3. The van der Waals surface area contributed by atoms with Crippen LogP contribution in [0.15, 0.2) is 152 Å². The molecule has 3 heteroatoms. The number of fused-ring (bicyclic) bond motifs is 14. The molecule has 51 heavy (non-hydrogen) atoms. The molecule has 0 amide bonds. The lowest BCUT2D eigenvalue weighted by Gasteiger charge is -2.36. The van der Waals surface area contributed by atoms with E-state index in [0.29, 0.717) is 5.95 Å². The molecular weight excluding hydrogens is 619 g/mol. The molecule has 0 saturated heterocycles. The van der Waals surface area contributed by atoms with Gasteiger partial charge in [-0.05, 0) is 68.8 Å². The topological polar surface area (TPSA) is 30.7 Å². The van der Waals surface area contributed by atoms with E-state index in [9.17, 15) is 0 Å². The van der Waals surface area contributed by atoms with Crippen LogP contribution in [-0.4, -0.2) is 14.5 Å². The number of aromatic nitrogens is 3. The van der Waals surface area contributed by atoms with Gasteiger partial charge in [0.1, 0.15) is 0 Å². The van der Waals surface area contributed by atoms with Gasteiger partial charge in [0.15, 0.2) is 0 Å². The van der Waals surface area contributed by atoms with E-state index in [4.69, 9.17) is 9.97 Å². The standard InChI is InChI=1S/C48H35N3/c1-4-17-32(18-5-1)39-30-40(33-19-6-2-7-20-33)50-47(49-39)51-41-27-26-31-16-8-9-21-34(31)43(41)44-36-23-11-10-22-35(36)42-37-24-12-13-25-38(37)48(45(42)46(44)51)28-14-3-15-29-48/h1-2,4-13,16-27,30H,3,14-15,28-29H2. The molecule has 2 aromatic heterocycles. The number of hydrogen-bond donors (Lipinski definition) is 0. The van der Waals surface area contributed by atoms with Crippen LogP contribution in [0.5, 0.6) is 0 Å². The Kier molecular flexibility index (Phi) is 6.18. The maximum absolute atomic E-state index is 5.49. The van der Waals surface area contributed by atoms with Crippen LogP contribution in [0, 0.1) is 0 Å². The first-order valence-electron chi connectivity index (χ1n) is 18.3. The predicted molar refractivity (Wildman–Crippen MR) is 212 cm³/mol. The van der Waals surface area contributed by atoms with Gasteiger partial charge in [0.05, 0.1) is 22.4 Å². The van der Waals surface area contributed by atoms with E-state index in [-0.39, 0.29) is 5.41 Å². The van der Waals surface area contributed by atoms with E-state index in [0.717, 1.165) is 40.9 Å². The second-order valence-electron chi connectivity index (χ2n) is 14.4. The zero-order valence-electron chi connectivity index (χ0n) is 28.3. The molecule has 0 N–H and O–H groups in total. The van der Waals surface area contributed by atoms with E-state index in [2.05, 4.69) is 156 Å². The van der Waals surface area contributed by atoms with Gasteiger partial charge in [-0.25, -0.2) is 9.97 Å². The van der Waals surface area contributed by atoms with Crippen LogP contribution in [0.2, 0.25) is 0 Å². The smallest absolute Gasteiger partial charge is 0.235 e. The number of hydrogen-bond acceptors (Lipinski definition) is 2. The molecule has 9 aromatic rings. The van der Waals surface area contributed by atoms with Crippen molar-refractivity contribution in [2.24, 2.45) is 0 Å². The fourth-order valence-corrected chi connectivity index (χ4v) is 9.66.